The minimum atomic E-state index is -3.06. The van der Waals surface area contributed by atoms with Crippen LogP contribution in [-0.2, 0) is 10.7 Å². The molecule has 2 aromatic heterocycles. The minimum absolute atomic E-state index is 0.239. The number of morpholine rings is 1. The number of rotatable bonds is 10. The van der Waals surface area contributed by atoms with E-state index in [4.69, 9.17) is 15.6 Å². The Bertz CT molecular complexity index is 1130. The summed E-state index contributed by atoms with van der Waals surface area (Å²) >= 11 is 0. The van der Waals surface area contributed by atoms with Gasteiger partial charge in [0.15, 0.2) is 0 Å². The van der Waals surface area contributed by atoms with Gasteiger partial charge in [-0.1, -0.05) is 19.9 Å². The molecular weight excluding hydrogens is 450 g/mol. The van der Waals surface area contributed by atoms with Crippen molar-refractivity contribution in [3.63, 3.8) is 0 Å². The summed E-state index contributed by atoms with van der Waals surface area (Å²) in [5, 5.41) is 20.4. The topological polar surface area (TPSA) is 98.0 Å². The predicted molar refractivity (Wildman–Crippen MR) is 135 cm³/mol. The number of hydrogen-bond acceptors (Lipinski definition) is 7. The third kappa shape index (κ3) is 6.79. The number of aryl methyl sites for hydroxylation is 1. The average Bonchev–Trinajstić information content (AvgIpc) is 2.83. The van der Waals surface area contributed by atoms with Gasteiger partial charge in [-0.25, -0.2) is 0 Å². The second kappa shape index (κ2) is 11.3. The van der Waals surface area contributed by atoms with Gasteiger partial charge in [0.1, 0.15) is 5.69 Å². The van der Waals surface area contributed by atoms with Crippen molar-refractivity contribution in [2.45, 2.75) is 39.5 Å². The maximum Gasteiger partial charge on any atom is 0.286 e. The van der Waals surface area contributed by atoms with E-state index in [1.807, 2.05) is 13.8 Å². The second-order valence-corrected chi connectivity index (χ2v) is 8.55. The lowest BCUT2D eigenvalue weighted by Crippen LogP contribution is -2.38. The van der Waals surface area contributed by atoms with Crippen LogP contribution in [0, 0.1) is 17.7 Å². The van der Waals surface area contributed by atoms with Crippen LogP contribution in [0.4, 0.5) is 14.5 Å². The van der Waals surface area contributed by atoms with Crippen molar-refractivity contribution in [1.82, 2.24) is 14.9 Å². The van der Waals surface area contributed by atoms with Gasteiger partial charge < -0.3 is 25.8 Å². The van der Waals surface area contributed by atoms with Crippen LogP contribution in [0.2, 0.25) is 0 Å². The highest BCUT2D eigenvalue weighted by Crippen LogP contribution is 2.27. The lowest BCUT2D eigenvalue weighted by Gasteiger charge is -2.31. The van der Waals surface area contributed by atoms with E-state index in [1.165, 1.54) is 12.3 Å². The molecule has 3 rings (SSSR count). The molecule has 0 radical (unpaired) electrons. The quantitative estimate of drug-likeness (QED) is 0.395. The highest BCUT2D eigenvalue weighted by atomic mass is 19.3. The van der Waals surface area contributed by atoms with Crippen molar-refractivity contribution >= 4 is 22.8 Å². The van der Waals surface area contributed by atoms with E-state index in [0.29, 0.717) is 66.6 Å². The number of nitrogens with one attached hydrogen (secondary N) is 3. The molecule has 0 bridgehead atoms. The van der Waals surface area contributed by atoms with Crippen LogP contribution in [0.25, 0.3) is 5.70 Å². The fourth-order valence-electron chi connectivity index (χ4n) is 3.74. The molecule has 35 heavy (non-hydrogen) atoms. The molecule has 1 aliphatic rings. The molecule has 0 saturated carbocycles. The first-order valence-electron chi connectivity index (χ1n) is 11.6. The first-order chi connectivity index (χ1) is 16.6. The normalized spacial score (nSPS) is 14.5. The van der Waals surface area contributed by atoms with Crippen LogP contribution in [0.15, 0.2) is 48.9 Å². The average molecular weight is 483 g/mol. The number of anilines is 1. The number of allylic oxidation sites excluding steroid dienone is 2. The van der Waals surface area contributed by atoms with E-state index in [9.17, 15) is 8.78 Å². The van der Waals surface area contributed by atoms with E-state index in [0.717, 1.165) is 19.0 Å². The largest absolute Gasteiger partial charge is 0.378 e. The molecule has 9 heteroatoms. The van der Waals surface area contributed by atoms with Crippen molar-refractivity contribution in [3.05, 3.63) is 71.5 Å². The standard InChI is InChI=1S/C26H32F2N6O/c1-5-6-22(29)24(34-9-11-35-12-10-34)15-23(30)21-14-20(16-32-18(21)3)33-17(2)19-7-8-31-25(13-19)26(4,27)28/h7-8,13-16,29-30,33H,2,5-6,9-12H2,1,3-4H3/b24-15+,29-22?,30-23?. The number of ether oxygens (including phenoxy) is 1. The molecule has 1 fully saturated rings. The summed E-state index contributed by atoms with van der Waals surface area (Å²) in [5.74, 6) is -3.06. The van der Waals surface area contributed by atoms with Gasteiger partial charge in [-0.05, 0) is 37.6 Å². The van der Waals surface area contributed by atoms with Crippen LogP contribution >= 0.6 is 0 Å². The van der Waals surface area contributed by atoms with Gasteiger partial charge in [-0.2, -0.15) is 8.78 Å². The first kappa shape index (κ1) is 26.2. The third-order valence-electron chi connectivity index (χ3n) is 5.67. The van der Waals surface area contributed by atoms with E-state index < -0.39 is 5.92 Å². The van der Waals surface area contributed by atoms with Crippen molar-refractivity contribution in [3.8, 4) is 0 Å². The molecule has 1 saturated heterocycles. The van der Waals surface area contributed by atoms with Gasteiger partial charge in [-0.15, -0.1) is 0 Å². The Morgan fingerprint density at radius 1 is 1.26 bits per heavy atom. The zero-order valence-corrected chi connectivity index (χ0v) is 20.4. The Morgan fingerprint density at radius 3 is 2.63 bits per heavy atom. The van der Waals surface area contributed by atoms with Gasteiger partial charge in [0.25, 0.3) is 5.92 Å². The second-order valence-electron chi connectivity index (χ2n) is 8.55. The number of alkyl halides is 2. The number of nitrogens with zero attached hydrogens (tertiary/aromatic N) is 3. The lowest BCUT2D eigenvalue weighted by atomic mass is 10.0. The summed E-state index contributed by atoms with van der Waals surface area (Å²) in [6.45, 7) is 11.2. The Hall–Kier alpha value is -3.46. The van der Waals surface area contributed by atoms with Gasteiger partial charge in [0.05, 0.1) is 42.2 Å². The summed E-state index contributed by atoms with van der Waals surface area (Å²) in [5.41, 5.74) is 3.87. The third-order valence-corrected chi connectivity index (χ3v) is 5.67. The van der Waals surface area contributed by atoms with Crippen molar-refractivity contribution < 1.29 is 13.5 Å². The molecule has 0 amide bonds. The molecule has 186 valence electrons. The Labute approximate surface area is 205 Å². The molecule has 7 nitrogen and oxygen atoms in total. The number of halogens is 2. The summed E-state index contributed by atoms with van der Waals surface area (Å²) in [7, 11) is 0. The number of pyridine rings is 2. The molecule has 3 heterocycles. The number of hydrogen-bond donors (Lipinski definition) is 3. The van der Waals surface area contributed by atoms with Gasteiger partial charge in [-0.3, -0.25) is 9.97 Å². The smallest absolute Gasteiger partial charge is 0.286 e. The molecule has 0 unspecified atom stereocenters. The molecular formula is C26H32F2N6O. The zero-order chi connectivity index (χ0) is 25.6. The molecule has 0 spiro atoms. The summed E-state index contributed by atoms with van der Waals surface area (Å²) < 4.78 is 32.8. The predicted octanol–water partition coefficient (Wildman–Crippen LogP) is 5.38. The Balaban J connectivity index is 1.85. The van der Waals surface area contributed by atoms with Crippen LogP contribution < -0.4 is 5.32 Å². The Morgan fingerprint density at radius 2 is 1.97 bits per heavy atom. The van der Waals surface area contributed by atoms with Crippen LogP contribution in [0.3, 0.4) is 0 Å². The highest BCUT2D eigenvalue weighted by Gasteiger charge is 2.26. The van der Waals surface area contributed by atoms with Crippen LogP contribution in [0.5, 0.6) is 0 Å². The summed E-state index contributed by atoms with van der Waals surface area (Å²) in [6, 6.07) is 4.69. The van der Waals surface area contributed by atoms with Gasteiger partial charge in [0.2, 0.25) is 0 Å². The minimum Gasteiger partial charge on any atom is -0.378 e. The van der Waals surface area contributed by atoms with Crippen molar-refractivity contribution in [2.24, 2.45) is 0 Å². The number of aromatic nitrogens is 2. The molecule has 2 aromatic rings. The van der Waals surface area contributed by atoms with E-state index in [-0.39, 0.29) is 11.4 Å². The fraction of sp³-hybridized carbons (Fsp3) is 0.385. The molecule has 3 N–H and O–H groups in total. The van der Waals surface area contributed by atoms with Crippen molar-refractivity contribution in [2.75, 3.05) is 31.6 Å². The summed E-state index contributed by atoms with van der Waals surface area (Å²) in [6.07, 6.45) is 6.13. The van der Waals surface area contributed by atoms with Gasteiger partial charge in [0, 0.05) is 48.7 Å². The SMILES string of the molecule is C=C(Nc1cnc(C)c(C(=N)/C=C(\C(=N)CCC)N2CCOCC2)c1)c1ccnc(C(C)(F)F)c1. The molecule has 1 aliphatic heterocycles. The first-order valence-corrected chi connectivity index (χ1v) is 11.6. The van der Waals surface area contributed by atoms with Crippen LogP contribution in [0.1, 0.15) is 49.2 Å². The zero-order valence-electron chi connectivity index (χ0n) is 20.4. The maximum absolute atomic E-state index is 13.7. The van der Waals surface area contributed by atoms with Crippen LogP contribution in [-0.4, -0.2) is 52.6 Å². The highest BCUT2D eigenvalue weighted by molar-refractivity contribution is 6.12. The van der Waals surface area contributed by atoms with E-state index >= 15 is 0 Å². The van der Waals surface area contributed by atoms with E-state index in [2.05, 4.69) is 26.8 Å². The monoisotopic (exact) mass is 482 g/mol. The summed E-state index contributed by atoms with van der Waals surface area (Å²) in [4.78, 5) is 10.2. The molecule has 0 aliphatic carbocycles. The maximum atomic E-state index is 13.7. The van der Waals surface area contributed by atoms with E-state index in [1.54, 1.807) is 24.4 Å². The lowest BCUT2D eigenvalue weighted by molar-refractivity contribution is 0.0127. The molecule has 0 atom stereocenters. The van der Waals surface area contributed by atoms with Gasteiger partial charge >= 0.3 is 0 Å². The molecule has 0 aromatic carbocycles. The fourth-order valence-corrected chi connectivity index (χ4v) is 3.74. The Kier molecular flexibility index (Phi) is 8.45. The van der Waals surface area contributed by atoms with Crippen molar-refractivity contribution in [1.29, 1.82) is 10.8 Å².